The van der Waals surface area contributed by atoms with E-state index in [0.29, 0.717) is 25.2 Å². The van der Waals surface area contributed by atoms with E-state index < -0.39 is 16.0 Å². The Bertz CT molecular complexity index is 755. The SMILES string of the molecule is CCOc1ccc(S(=O)(=O)N2CCC(C(=O)N(C)CCC(=O)O)CC2)cc1. The Hall–Kier alpha value is -2.13. The highest BCUT2D eigenvalue weighted by Gasteiger charge is 2.33. The first kappa shape index (κ1) is 21.2. The second-order valence-corrected chi connectivity index (χ2v) is 8.42. The molecule has 150 valence electrons. The van der Waals surface area contributed by atoms with E-state index in [2.05, 4.69) is 0 Å². The first-order valence-electron chi connectivity index (χ1n) is 8.95. The Kier molecular flexibility index (Phi) is 7.20. The predicted molar refractivity (Wildman–Crippen MR) is 99.0 cm³/mol. The number of carboxylic acids is 1. The van der Waals surface area contributed by atoms with Gasteiger partial charge in [0.05, 0.1) is 17.9 Å². The standard InChI is InChI=1S/C18H26N2O6S/c1-3-26-15-4-6-16(7-5-15)27(24,25)20-12-8-14(9-13-20)18(23)19(2)11-10-17(21)22/h4-7,14H,3,8-13H2,1-2H3,(H,21,22). The number of aliphatic carboxylic acids is 1. The van der Waals surface area contributed by atoms with Crippen molar-refractivity contribution in [3.63, 3.8) is 0 Å². The Morgan fingerprint density at radius 1 is 1.22 bits per heavy atom. The Morgan fingerprint density at radius 3 is 2.33 bits per heavy atom. The summed E-state index contributed by atoms with van der Waals surface area (Å²) in [6.45, 7) is 3.04. The first-order valence-corrected chi connectivity index (χ1v) is 10.4. The van der Waals surface area contributed by atoms with Gasteiger partial charge in [0, 0.05) is 32.6 Å². The van der Waals surface area contributed by atoms with E-state index in [9.17, 15) is 18.0 Å². The molecule has 0 bridgehead atoms. The minimum atomic E-state index is -3.61. The molecular formula is C18H26N2O6S. The van der Waals surface area contributed by atoms with Crippen molar-refractivity contribution in [2.45, 2.75) is 31.1 Å². The molecule has 1 heterocycles. The first-order chi connectivity index (χ1) is 12.8. The van der Waals surface area contributed by atoms with Gasteiger partial charge in [-0.2, -0.15) is 4.31 Å². The van der Waals surface area contributed by atoms with Crippen LogP contribution in [0.4, 0.5) is 0 Å². The van der Waals surface area contributed by atoms with Gasteiger partial charge in [-0.1, -0.05) is 0 Å². The number of ether oxygens (including phenoxy) is 1. The minimum absolute atomic E-state index is 0.104. The fourth-order valence-corrected chi connectivity index (χ4v) is 4.52. The number of piperidine rings is 1. The van der Waals surface area contributed by atoms with E-state index in [4.69, 9.17) is 9.84 Å². The Balaban J connectivity index is 1.95. The molecule has 1 fully saturated rings. The third-order valence-electron chi connectivity index (χ3n) is 4.61. The molecule has 1 aromatic carbocycles. The summed E-state index contributed by atoms with van der Waals surface area (Å²) in [5.74, 6) is -0.749. The van der Waals surface area contributed by atoms with Gasteiger partial charge in [0.2, 0.25) is 15.9 Å². The lowest BCUT2D eigenvalue weighted by atomic mass is 9.96. The average molecular weight is 398 g/mol. The van der Waals surface area contributed by atoms with Crippen LogP contribution in [0, 0.1) is 5.92 Å². The Morgan fingerprint density at radius 2 is 1.81 bits per heavy atom. The lowest BCUT2D eigenvalue weighted by Crippen LogP contribution is -2.43. The van der Waals surface area contributed by atoms with Crippen LogP contribution in [0.2, 0.25) is 0 Å². The minimum Gasteiger partial charge on any atom is -0.494 e. The highest BCUT2D eigenvalue weighted by atomic mass is 32.2. The van der Waals surface area contributed by atoms with Crippen molar-refractivity contribution in [2.75, 3.05) is 33.3 Å². The molecule has 1 aliphatic rings. The summed E-state index contributed by atoms with van der Waals surface area (Å²) in [4.78, 5) is 24.6. The summed E-state index contributed by atoms with van der Waals surface area (Å²) in [5, 5.41) is 8.71. The van der Waals surface area contributed by atoms with Crippen molar-refractivity contribution in [2.24, 2.45) is 5.92 Å². The van der Waals surface area contributed by atoms with Crippen molar-refractivity contribution in [3.8, 4) is 5.75 Å². The van der Waals surface area contributed by atoms with Crippen molar-refractivity contribution in [3.05, 3.63) is 24.3 Å². The summed E-state index contributed by atoms with van der Waals surface area (Å²) in [5.41, 5.74) is 0. The maximum atomic E-state index is 12.8. The fourth-order valence-electron chi connectivity index (χ4n) is 3.05. The molecule has 1 aliphatic heterocycles. The van der Waals surface area contributed by atoms with Gasteiger partial charge in [0.15, 0.2) is 0 Å². The molecule has 1 aromatic rings. The molecule has 8 nitrogen and oxygen atoms in total. The van der Waals surface area contributed by atoms with E-state index in [1.165, 1.54) is 21.3 Å². The lowest BCUT2D eigenvalue weighted by Gasteiger charge is -2.32. The molecule has 0 unspecified atom stereocenters. The van der Waals surface area contributed by atoms with Gasteiger partial charge in [0.25, 0.3) is 0 Å². The molecule has 0 spiro atoms. The summed E-state index contributed by atoms with van der Waals surface area (Å²) in [7, 11) is -2.03. The van der Waals surface area contributed by atoms with Crippen LogP contribution in [-0.4, -0.2) is 67.9 Å². The second-order valence-electron chi connectivity index (χ2n) is 6.49. The molecule has 0 saturated carbocycles. The summed E-state index contributed by atoms with van der Waals surface area (Å²) in [6.07, 6.45) is 0.742. The number of hydrogen-bond donors (Lipinski definition) is 1. The van der Waals surface area contributed by atoms with Gasteiger partial charge >= 0.3 is 5.97 Å². The summed E-state index contributed by atoms with van der Waals surface area (Å²) < 4.78 is 32.3. The highest BCUT2D eigenvalue weighted by molar-refractivity contribution is 7.89. The molecular weight excluding hydrogens is 372 g/mol. The van der Waals surface area contributed by atoms with Gasteiger partial charge in [-0.15, -0.1) is 0 Å². The molecule has 0 aromatic heterocycles. The maximum absolute atomic E-state index is 12.8. The number of amides is 1. The fraction of sp³-hybridized carbons (Fsp3) is 0.556. The van der Waals surface area contributed by atoms with Crippen LogP contribution >= 0.6 is 0 Å². The largest absolute Gasteiger partial charge is 0.494 e. The third-order valence-corrected chi connectivity index (χ3v) is 6.53. The normalized spacial score (nSPS) is 16.1. The van der Waals surface area contributed by atoms with Gasteiger partial charge < -0.3 is 14.7 Å². The molecule has 2 rings (SSSR count). The molecule has 27 heavy (non-hydrogen) atoms. The van der Waals surface area contributed by atoms with E-state index in [1.54, 1.807) is 19.2 Å². The quantitative estimate of drug-likeness (QED) is 0.710. The zero-order chi connectivity index (χ0) is 20.0. The van der Waals surface area contributed by atoms with Crippen molar-refractivity contribution in [1.82, 2.24) is 9.21 Å². The number of carboxylic acid groups (broad SMARTS) is 1. The number of carbonyl (C=O) groups is 2. The van der Waals surface area contributed by atoms with Crippen LogP contribution in [0.25, 0.3) is 0 Å². The van der Waals surface area contributed by atoms with Gasteiger partial charge in [-0.25, -0.2) is 8.42 Å². The number of hydrogen-bond acceptors (Lipinski definition) is 5. The van der Waals surface area contributed by atoms with E-state index in [-0.39, 0.29) is 42.8 Å². The molecule has 1 saturated heterocycles. The number of sulfonamides is 1. The molecule has 0 atom stereocenters. The van der Waals surface area contributed by atoms with Crippen LogP contribution in [0.15, 0.2) is 29.2 Å². The topological polar surface area (TPSA) is 104 Å². The molecule has 1 amide bonds. The summed E-state index contributed by atoms with van der Waals surface area (Å²) >= 11 is 0. The van der Waals surface area contributed by atoms with Gasteiger partial charge in [0.1, 0.15) is 5.75 Å². The van der Waals surface area contributed by atoms with Crippen LogP contribution in [0.5, 0.6) is 5.75 Å². The average Bonchev–Trinajstić information content (AvgIpc) is 2.66. The Labute approximate surface area is 159 Å². The monoisotopic (exact) mass is 398 g/mol. The van der Waals surface area contributed by atoms with Crippen LogP contribution in [0.1, 0.15) is 26.2 Å². The maximum Gasteiger partial charge on any atom is 0.305 e. The smallest absolute Gasteiger partial charge is 0.305 e. The number of carbonyl (C=O) groups excluding carboxylic acids is 1. The molecule has 9 heteroatoms. The second kappa shape index (κ2) is 9.18. The van der Waals surface area contributed by atoms with Crippen molar-refractivity contribution < 1.29 is 27.9 Å². The zero-order valence-corrected chi connectivity index (χ0v) is 16.4. The zero-order valence-electron chi connectivity index (χ0n) is 15.6. The third kappa shape index (κ3) is 5.43. The van der Waals surface area contributed by atoms with E-state index >= 15 is 0 Å². The molecule has 1 N–H and O–H groups in total. The van der Waals surface area contributed by atoms with E-state index in [1.807, 2.05) is 6.92 Å². The predicted octanol–water partition coefficient (Wildman–Crippen LogP) is 1.42. The molecule has 0 aliphatic carbocycles. The molecule has 0 radical (unpaired) electrons. The van der Waals surface area contributed by atoms with E-state index in [0.717, 1.165) is 0 Å². The summed E-state index contributed by atoms with van der Waals surface area (Å²) in [6, 6.07) is 6.31. The van der Waals surface area contributed by atoms with Crippen LogP contribution in [-0.2, 0) is 19.6 Å². The van der Waals surface area contributed by atoms with Crippen molar-refractivity contribution in [1.29, 1.82) is 0 Å². The van der Waals surface area contributed by atoms with Crippen molar-refractivity contribution >= 4 is 21.9 Å². The number of benzene rings is 1. The van der Waals surface area contributed by atoms with Crippen LogP contribution in [0.3, 0.4) is 0 Å². The van der Waals surface area contributed by atoms with Gasteiger partial charge in [-0.05, 0) is 44.0 Å². The van der Waals surface area contributed by atoms with Gasteiger partial charge in [-0.3, -0.25) is 9.59 Å². The number of rotatable bonds is 8. The highest BCUT2D eigenvalue weighted by Crippen LogP contribution is 2.26. The van der Waals surface area contributed by atoms with Crippen LogP contribution < -0.4 is 4.74 Å². The number of nitrogens with zero attached hydrogens (tertiary/aromatic N) is 2. The lowest BCUT2D eigenvalue weighted by molar-refractivity contribution is -0.139.